The Morgan fingerprint density at radius 3 is 2.39 bits per heavy atom. The molecule has 0 heterocycles. The van der Waals surface area contributed by atoms with Crippen molar-refractivity contribution >= 4 is 25.6 Å². The van der Waals surface area contributed by atoms with Crippen LogP contribution in [0.2, 0.25) is 0 Å². The second-order valence-corrected chi connectivity index (χ2v) is 7.53. The third-order valence-corrected chi connectivity index (χ3v) is 4.64. The third-order valence-electron chi connectivity index (χ3n) is 3.29. The summed E-state index contributed by atoms with van der Waals surface area (Å²) in [6.07, 6.45) is 0. The van der Waals surface area contributed by atoms with Crippen LogP contribution >= 0.6 is 10.7 Å². The molecule has 1 N–H and O–H groups in total. The Balaban J connectivity index is 2.19. The summed E-state index contributed by atoms with van der Waals surface area (Å²) in [7, 11) is 2.97. The van der Waals surface area contributed by atoms with Gasteiger partial charge >= 0.3 is 0 Å². The zero-order valence-electron chi connectivity index (χ0n) is 12.7. The van der Waals surface area contributed by atoms with E-state index >= 15 is 0 Å². The first-order valence-electron chi connectivity index (χ1n) is 6.77. The number of ether oxygens (including phenoxy) is 1. The molecule has 0 saturated heterocycles. The Labute approximate surface area is 139 Å². The number of nitrogens with one attached hydrogen (secondary N) is 1. The lowest BCUT2D eigenvalue weighted by atomic mass is 10.1. The van der Waals surface area contributed by atoms with E-state index in [0.29, 0.717) is 16.9 Å². The van der Waals surface area contributed by atoms with E-state index in [1.165, 1.54) is 25.3 Å². The van der Waals surface area contributed by atoms with Gasteiger partial charge in [-0.1, -0.05) is 17.7 Å². The molecule has 0 radical (unpaired) electrons. The minimum atomic E-state index is -3.84. The van der Waals surface area contributed by atoms with Gasteiger partial charge in [-0.2, -0.15) is 0 Å². The number of halogens is 1. The molecule has 23 heavy (non-hydrogen) atoms. The summed E-state index contributed by atoms with van der Waals surface area (Å²) < 4.78 is 28.0. The van der Waals surface area contributed by atoms with Gasteiger partial charge in [0, 0.05) is 28.4 Å². The van der Waals surface area contributed by atoms with Crippen LogP contribution in [-0.2, 0) is 15.6 Å². The third kappa shape index (κ3) is 4.46. The van der Waals surface area contributed by atoms with Gasteiger partial charge in [0.05, 0.1) is 12.0 Å². The van der Waals surface area contributed by atoms with Crippen molar-refractivity contribution in [2.24, 2.45) is 0 Å². The molecule has 2 aromatic carbocycles. The second kappa shape index (κ2) is 7.02. The molecule has 0 atom stereocenters. The summed E-state index contributed by atoms with van der Waals surface area (Å²) in [4.78, 5) is 12.1. The van der Waals surface area contributed by atoms with Gasteiger partial charge in [-0.3, -0.25) is 4.79 Å². The largest absolute Gasteiger partial charge is 0.496 e. The van der Waals surface area contributed by atoms with E-state index in [9.17, 15) is 13.2 Å². The number of carbonyl (C=O) groups is 1. The van der Waals surface area contributed by atoms with Crippen LogP contribution < -0.4 is 10.1 Å². The highest BCUT2D eigenvalue weighted by Crippen LogP contribution is 2.24. The maximum absolute atomic E-state index is 12.1. The first-order valence-corrected chi connectivity index (χ1v) is 9.08. The lowest BCUT2D eigenvalue weighted by Crippen LogP contribution is -2.23. The number of methoxy groups -OCH3 is 1. The molecule has 0 aliphatic rings. The minimum absolute atomic E-state index is 0.0421. The highest BCUT2D eigenvalue weighted by Gasteiger charge is 2.14. The van der Waals surface area contributed by atoms with E-state index in [4.69, 9.17) is 15.4 Å². The SMILES string of the molecule is COc1ccc(S(=O)(=O)Cl)cc1CNC(=O)c1ccc(C)cc1. The predicted molar refractivity (Wildman–Crippen MR) is 88.4 cm³/mol. The molecule has 0 aliphatic heterocycles. The average molecular weight is 354 g/mol. The summed E-state index contributed by atoms with van der Waals surface area (Å²) in [5.41, 5.74) is 2.11. The van der Waals surface area contributed by atoms with Crippen molar-refractivity contribution in [2.75, 3.05) is 7.11 Å². The molecule has 0 saturated carbocycles. The van der Waals surface area contributed by atoms with E-state index in [0.717, 1.165) is 5.56 Å². The van der Waals surface area contributed by atoms with Crippen molar-refractivity contribution in [3.05, 3.63) is 59.2 Å². The number of amides is 1. The first kappa shape index (κ1) is 17.3. The van der Waals surface area contributed by atoms with Crippen LogP contribution in [0.25, 0.3) is 0 Å². The van der Waals surface area contributed by atoms with Gasteiger partial charge in [0.15, 0.2) is 0 Å². The molecular weight excluding hydrogens is 338 g/mol. The number of carbonyl (C=O) groups excluding carboxylic acids is 1. The molecule has 0 bridgehead atoms. The highest BCUT2D eigenvalue weighted by atomic mass is 35.7. The molecule has 2 aromatic rings. The fourth-order valence-electron chi connectivity index (χ4n) is 2.03. The predicted octanol–water partition coefficient (Wildman–Crippen LogP) is 2.86. The highest BCUT2D eigenvalue weighted by molar-refractivity contribution is 8.13. The Kier molecular flexibility index (Phi) is 5.28. The van der Waals surface area contributed by atoms with Gasteiger partial charge in [-0.15, -0.1) is 0 Å². The fraction of sp³-hybridized carbons (Fsp3) is 0.188. The van der Waals surface area contributed by atoms with Crippen LogP contribution in [0.5, 0.6) is 5.75 Å². The molecule has 7 heteroatoms. The lowest BCUT2D eigenvalue weighted by molar-refractivity contribution is 0.0950. The van der Waals surface area contributed by atoms with E-state index in [-0.39, 0.29) is 17.3 Å². The minimum Gasteiger partial charge on any atom is -0.496 e. The van der Waals surface area contributed by atoms with E-state index in [2.05, 4.69) is 5.32 Å². The zero-order chi connectivity index (χ0) is 17.0. The topological polar surface area (TPSA) is 72.5 Å². The van der Waals surface area contributed by atoms with Crippen molar-refractivity contribution in [1.29, 1.82) is 0 Å². The molecule has 0 aliphatic carbocycles. The van der Waals surface area contributed by atoms with Gasteiger partial charge < -0.3 is 10.1 Å². The van der Waals surface area contributed by atoms with Gasteiger partial charge in [-0.05, 0) is 37.3 Å². The Morgan fingerprint density at radius 2 is 1.83 bits per heavy atom. The van der Waals surface area contributed by atoms with Crippen LogP contribution in [-0.4, -0.2) is 21.4 Å². The van der Waals surface area contributed by atoms with Crippen LogP contribution in [0.15, 0.2) is 47.4 Å². The van der Waals surface area contributed by atoms with Gasteiger partial charge in [0.2, 0.25) is 0 Å². The fourth-order valence-corrected chi connectivity index (χ4v) is 2.83. The van der Waals surface area contributed by atoms with E-state index in [1.54, 1.807) is 12.1 Å². The normalized spacial score (nSPS) is 11.1. The maximum Gasteiger partial charge on any atom is 0.261 e. The molecule has 122 valence electrons. The number of aryl methyl sites for hydroxylation is 1. The standard InChI is InChI=1S/C16H16ClNO4S/c1-11-3-5-12(6-4-11)16(19)18-10-13-9-14(23(17,20)21)7-8-15(13)22-2/h3-9H,10H2,1-2H3,(H,18,19). The number of hydrogen-bond donors (Lipinski definition) is 1. The average Bonchev–Trinajstić information content (AvgIpc) is 2.52. The van der Waals surface area contributed by atoms with Gasteiger partial charge in [-0.25, -0.2) is 8.42 Å². The Bertz CT molecular complexity index is 816. The summed E-state index contributed by atoms with van der Waals surface area (Å²) in [6.45, 7) is 2.06. The monoisotopic (exact) mass is 353 g/mol. The van der Waals surface area contributed by atoms with Crippen molar-refractivity contribution in [3.8, 4) is 5.75 Å². The quantitative estimate of drug-likeness (QED) is 0.839. The molecule has 1 amide bonds. The Hall–Kier alpha value is -2.05. The second-order valence-electron chi connectivity index (χ2n) is 4.96. The summed E-state index contributed by atoms with van der Waals surface area (Å²) in [5.74, 6) is 0.212. The summed E-state index contributed by atoms with van der Waals surface area (Å²) in [6, 6.07) is 11.4. The molecule has 0 unspecified atom stereocenters. The zero-order valence-corrected chi connectivity index (χ0v) is 14.2. The van der Waals surface area contributed by atoms with Gasteiger partial charge in [0.25, 0.3) is 15.0 Å². The van der Waals surface area contributed by atoms with Crippen molar-refractivity contribution in [3.63, 3.8) is 0 Å². The summed E-state index contributed by atoms with van der Waals surface area (Å²) in [5, 5.41) is 2.73. The molecule has 0 fully saturated rings. The smallest absolute Gasteiger partial charge is 0.261 e. The molecule has 2 rings (SSSR count). The maximum atomic E-state index is 12.1. The van der Waals surface area contributed by atoms with E-state index in [1.807, 2.05) is 19.1 Å². The molecule has 0 spiro atoms. The van der Waals surface area contributed by atoms with Crippen LogP contribution in [0.4, 0.5) is 0 Å². The Morgan fingerprint density at radius 1 is 1.17 bits per heavy atom. The van der Waals surface area contributed by atoms with Crippen molar-refractivity contribution in [1.82, 2.24) is 5.32 Å². The van der Waals surface area contributed by atoms with E-state index < -0.39 is 9.05 Å². The van der Waals surface area contributed by atoms with Crippen LogP contribution in [0.3, 0.4) is 0 Å². The molecular formula is C16H16ClNO4S. The lowest BCUT2D eigenvalue weighted by Gasteiger charge is -2.11. The van der Waals surface area contributed by atoms with Gasteiger partial charge in [0.1, 0.15) is 5.75 Å². The summed E-state index contributed by atoms with van der Waals surface area (Å²) >= 11 is 0. The van der Waals surface area contributed by atoms with Crippen molar-refractivity contribution < 1.29 is 17.9 Å². The van der Waals surface area contributed by atoms with Crippen molar-refractivity contribution in [2.45, 2.75) is 18.4 Å². The number of rotatable bonds is 5. The first-order chi connectivity index (χ1) is 10.8. The van der Waals surface area contributed by atoms with Crippen LogP contribution in [0, 0.1) is 6.92 Å². The number of hydrogen-bond acceptors (Lipinski definition) is 4. The molecule has 0 aromatic heterocycles. The number of benzene rings is 2. The van der Waals surface area contributed by atoms with Crippen LogP contribution in [0.1, 0.15) is 21.5 Å². The molecule has 5 nitrogen and oxygen atoms in total.